The van der Waals surface area contributed by atoms with Gasteiger partial charge in [-0.25, -0.2) is 19.9 Å². The number of imidazole rings is 2. The highest BCUT2D eigenvalue weighted by molar-refractivity contribution is 5.83. The molecule has 6 N–H and O–H groups in total. The fourth-order valence-corrected chi connectivity index (χ4v) is 5.86. The Labute approximate surface area is 301 Å². The highest BCUT2D eigenvalue weighted by Gasteiger charge is 2.13. The highest BCUT2D eigenvalue weighted by Crippen LogP contribution is 2.25. The Balaban J connectivity index is 0.000000162. The molecular formula is C40H40N12. The maximum atomic E-state index is 6.07. The van der Waals surface area contributed by atoms with Gasteiger partial charge in [-0.15, -0.1) is 0 Å². The molecule has 8 rings (SSSR count). The number of nitrogens with two attached hydrogens (primary N) is 2. The van der Waals surface area contributed by atoms with E-state index in [1.165, 1.54) is 11.1 Å². The second-order valence-electron chi connectivity index (χ2n) is 12.7. The predicted molar refractivity (Wildman–Crippen MR) is 209 cm³/mol. The van der Waals surface area contributed by atoms with Crippen LogP contribution < -0.4 is 22.1 Å². The van der Waals surface area contributed by atoms with E-state index < -0.39 is 0 Å². The number of hydrogen-bond acceptors (Lipinski definition) is 10. The first-order chi connectivity index (χ1) is 25.2. The highest BCUT2D eigenvalue weighted by atomic mass is 15.2. The van der Waals surface area contributed by atoms with Crippen LogP contribution in [0.1, 0.15) is 48.2 Å². The largest absolute Gasteiger partial charge is 0.398 e. The summed E-state index contributed by atoms with van der Waals surface area (Å²) in [6.45, 7) is 8.14. The Morgan fingerprint density at radius 3 is 1.50 bits per heavy atom. The summed E-state index contributed by atoms with van der Waals surface area (Å²) in [4.78, 5) is 26.9. The Morgan fingerprint density at radius 2 is 0.981 bits per heavy atom. The van der Waals surface area contributed by atoms with Gasteiger partial charge in [-0.3, -0.25) is 9.13 Å². The standard InChI is InChI=1S/2C20H20N6/c1-13-10-18-17(11-16(13)21)23-12-26(18)19-8-9-22-20(25-19)24-14(2)15-6-4-3-5-7-15;1-13-10-17-18(11-16(13)21)26(12-23-17)19-8-9-22-20(25-19)24-14(2)15-6-4-3-5-7-15/h2*3-12,14H,21H2,1-2H3,(H,22,24,25)/t2*14-/m00/s1. The van der Waals surface area contributed by atoms with Crippen molar-refractivity contribution in [3.63, 3.8) is 0 Å². The summed E-state index contributed by atoms with van der Waals surface area (Å²) < 4.78 is 3.87. The van der Waals surface area contributed by atoms with Crippen molar-refractivity contribution in [2.45, 2.75) is 39.8 Å². The van der Waals surface area contributed by atoms with E-state index in [0.717, 1.165) is 56.2 Å². The van der Waals surface area contributed by atoms with Crippen molar-refractivity contribution in [1.29, 1.82) is 0 Å². The first-order valence-electron chi connectivity index (χ1n) is 17.0. The second kappa shape index (κ2) is 14.6. The average molecular weight is 689 g/mol. The summed E-state index contributed by atoms with van der Waals surface area (Å²) in [5.74, 6) is 2.65. The molecule has 0 amide bonds. The Kier molecular flexibility index (Phi) is 9.44. The molecule has 12 nitrogen and oxygen atoms in total. The lowest BCUT2D eigenvalue weighted by atomic mass is 10.1. The first-order valence-corrected chi connectivity index (χ1v) is 17.0. The SMILES string of the molecule is Cc1cc2c(cc1N)ncn2-c1ccnc(N[C@@H](C)c2ccccc2)n1.Cc1cc2ncn(-c3ccnc(N[C@@H](C)c4ccccc4)n3)c2cc1N. The lowest BCUT2D eigenvalue weighted by Crippen LogP contribution is -2.10. The zero-order valence-electron chi connectivity index (χ0n) is 29.4. The molecule has 8 aromatic rings. The van der Waals surface area contributed by atoms with Crippen LogP contribution in [0, 0.1) is 13.8 Å². The van der Waals surface area contributed by atoms with E-state index in [0.29, 0.717) is 11.9 Å². The van der Waals surface area contributed by atoms with Crippen molar-refractivity contribution in [1.82, 2.24) is 39.0 Å². The number of rotatable bonds is 8. The second-order valence-corrected chi connectivity index (χ2v) is 12.7. The van der Waals surface area contributed by atoms with Crippen LogP contribution in [0.2, 0.25) is 0 Å². The number of hydrogen-bond donors (Lipinski definition) is 4. The van der Waals surface area contributed by atoms with Gasteiger partial charge in [0.25, 0.3) is 0 Å². The van der Waals surface area contributed by atoms with Gasteiger partial charge in [-0.2, -0.15) is 9.97 Å². The van der Waals surface area contributed by atoms with E-state index in [4.69, 9.17) is 11.5 Å². The van der Waals surface area contributed by atoms with E-state index in [1.807, 2.05) is 95.8 Å². The van der Waals surface area contributed by atoms with Gasteiger partial charge >= 0.3 is 0 Å². The van der Waals surface area contributed by atoms with Gasteiger partial charge in [-0.05, 0) is 86.3 Å². The van der Waals surface area contributed by atoms with Gasteiger partial charge in [0, 0.05) is 23.8 Å². The molecule has 0 bridgehead atoms. The minimum atomic E-state index is 0.101. The molecule has 4 heterocycles. The van der Waals surface area contributed by atoms with E-state index in [1.54, 1.807) is 25.0 Å². The van der Waals surface area contributed by atoms with Crippen molar-refractivity contribution in [3.8, 4) is 11.6 Å². The maximum Gasteiger partial charge on any atom is 0.225 e. The molecule has 0 saturated carbocycles. The van der Waals surface area contributed by atoms with Crippen LogP contribution >= 0.6 is 0 Å². The van der Waals surface area contributed by atoms with Crippen LogP contribution in [-0.2, 0) is 0 Å². The molecule has 0 radical (unpaired) electrons. The minimum Gasteiger partial charge on any atom is -0.398 e. The molecule has 0 spiro atoms. The Morgan fingerprint density at radius 1 is 0.538 bits per heavy atom. The van der Waals surface area contributed by atoms with E-state index in [-0.39, 0.29) is 12.1 Å². The fraction of sp³-hybridized carbons (Fsp3) is 0.150. The number of nitrogens with zero attached hydrogens (tertiary/aromatic N) is 8. The van der Waals surface area contributed by atoms with Crippen LogP contribution in [0.3, 0.4) is 0 Å². The number of nitrogen functional groups attached to an aromatic ring is 2. The van der Waals surface area contributed by atoms with Gasteiger partial charge in [0.15, 0.2) is 0 Å². The van der Waals surface area contributed by atoms with Crippen molar-refractivity contribution in [2.24, 2.45) is 0 Å². The summed E-state index contributed by atoms with van der Waals surface area (Å²) in [6.07, 6.45) is 7.01. The lowest BCUT2D eigenvalue weighted by molar-refractivity contribution is 0.854. The molecule has 52 heavy (non-hydrogen) atoms. The summed E-state index contributed by atoms with van der Waals surface area (Å²) >= 11 is 0. The van der Waals surface area contributed by atoms with Crippen LogP contribution in [0.15, 0.2) is 122 Å². The molecule has 2 atom stereocenters. The third kappa shape index (κ3) is 7.22. The maximum absolute atomic E-state index is 6.07. The zero-order chi connectivity index (χ0) is 36.2. The minimum absolute atomic E-state index is 0.101. The molecule has 0 aliphatic rings. The van der Waals surface area contributed by atoms with E-state index in [9.17, 15) is 0 Å². The fourth-order valence-electron chi connectivity index (χ4n) is 5.86. The predicted octanol–water partition coefficient (Wildman–Crippen LogP) is 7.76. The summed E-state index contributed by atoms with van der Waals surface area (Å²) in [5.41, 5.74) is 21.6. The number of nitrogens with one attached hydrogen (secondary N) is 2. The summed E-state index contributed by atoms with van der Waals surface area (Å²) in [5, 5.41) is 6.70. The third-order valence-corrected chi connectivity index (χ3v) is 8.94. The lowest BCUT2D eigenvalue weighted by Gasteiger charge is -2.14. The quantitative estimate of drug-likeness (QED) is 0.116. The number of fused-ring (bicyclic) bond motifs is 2. The third-order valence-electron chi connectivity index (χ3n) is 8.94. The van der Waals surface area contributed by atoms with Gasteiger partial charge in [0.2, 0.25) is 11.9 Å². The van der Waals surface area contributed by atoms with Crippen LogP contribution in [-0.4, -0.2) is 39.0 Å². The molecular weight excluding hydrogens is 649 g/mol. The van der Waals surface area contributed by atoms with Gasteiger partial charge in [0.05, 0.1) is 34.2 Å². The molecule has 0 saturated heterocycles. The monoisotopic (exact) mass is 688 g/mol. The van der Waals surface area contributed by atoms with Gasteiger partial charge in [-0.1, -0.05) is 60.7 Å². The first kappa shape index (κ1) is 33.7. The number of anilines is 4. The summed E-state index contributed by atoms with van der Waals surface area (Å²) in [6, 6.07) is 32.2. The molecule has 0 unspecified atom stereocenters. The van der Waals surface area contributed by atoms with Gasteiger partial charge < -0.3 is 22.1 Å². The molecule has 0 aliphatic heterocycles. The normalized spacial score (nSPS) is 12.2. The van der Waals surface area contributed by atoms with Crippen molar-refractivity contribution in [2.75, 3.05) is 22.1 Å². The Hall–Kier alpha value is -6.82. The molecule has 0 aliphatic carbocycles. The molecule has 260 valence electrons. The molecule has 4 aromatic carbocycles. The number of aromatic nitrogens is 8. The van der Waals surface area contributed by atoms with Crippen molar-refractivity contribution >= 4 is 45.3 Å². The number of aryl methyl sites for hydroxylation is 2. The average Bonchev–Trinajstić information content (AvgIpc) is 3.76. The molecule has 4 aromatic heterocycles. The van der Waals surface area contributed by atoms with Crippen LogP contribution in [0.4, 0.5) is 23.3 Å². The zero-order valence-corrected chi connectivity index (χ0v) is 29.4. The van der Waals surface area contributed by atoms with Crippen LogP contribution in [0.5, 0.6) is 0 Å². The van der Waals surface area contributed by atoms with Crippen molar-refractivity contribution < 1.29 is 0 Å². The van der Waals surface area contributed by atoms with Crippen molar-refractivity contribution in [3.05, 3.63) is 144 Å². The topological polar surface area (TPSA) is 163 Å². The number of benzene rings is 4. The summed E-state index contributed by atoms with van der Waals surface area (Å²) in [7, 11) is 0. The molecule has 12 heteroatoms. The van der Waals surface area contributed by atoms with E-state index >= 15 is 0 Å². The van der Waals surface area contributed by atoms with E-state index in [2.05, 4.69) is 78.7 Å². The van der Waals surface area contributed by atoms with Crippen LogP contribution in [0.25, 0.3) is 33.7 Å². The Bertz CT molecular complexity index is 2280. The smallest absolute Gasteiger partial charge is 0.225 e. The van der Waals surface area contributed by atoms with Gasteiger partial charge in [0.1, 0.15) is 24.3 Å². The molecule has 0 fully saturated rings.